The molecule has 0 radical (unpaired) electrons. The van der Waals surface area contributed by atoms with E-state index in [1.807, 2.05) is 6.92 Å². The fourth-order valence-corrected chi connectivity index (χ4v) is 5.82. The average molecular weight is 254 g/mol. The Labute approximate surface area is 112 Å². The molecule has 0 amide bonds. The van der Waals surface area contributed by atoms with Crippen molar-refractivity contribution in [2.45, 2.75) is 65.4 Å². The van der Waals surface area contributed by atoms with Gasteiger partial charge >= 0.3 is 0 Å². The monoisotopic (exact) mass is 254 g/mol. The van der Waals surface area contributed by atoms with Crippen LogP contribution in [0.15, 0.2) is 0 Å². The summed E-state index contributed by atoms with van der Waals surface area (Å²) in [6.45, 7) is 9.26. The first-order valence-corrected chi connectivity index (χ1v) is 7.66. The molecule has 6 atom stereocenters. The minimum atomic E-state index is -0.607. The lowest BCUT2D eigenvalue weighted by Crippen LogP contribution is -2.58. The van der Waals surface area contributed by atoms with Gasteiger partial charge in [-0.15, -0.1) is 0 Å². The molecule has 0 aromatic carbocycles. The van der Waals surface area contributed by atoms with Gasteiger partial charge in [0.25, 0.3) is 0 Å². The van der Waals surface area contributed by atoms with Gasteiger partial charge in [-0.3, -0.25) is 0 Å². The zero-order valence-corrected chi connectivity index (χ0v) is 12.4. The predicted octanol–water partition coefficient (Wildman–Crippen LogP) is 3.22. The quantitative estimate of drug-likeness (QED) is 0.794. The van der Waals surface area contributed by atoms with Crippen LogP contribution < -0.4 is 0 Å². The van der Waals surface area contributed by atoms with E-state index in [4.69, 9.17) is 0 Å². The molecule has 0 aromatic heterocycles. The fraction of sp³-hybridized carbons (Fsp3) is 1.00. The molecule has 2 fully saturated rings. The van der Waals surface area contributed by atoms with Crippen LogP contribution in [0.1, 0.15) is 59.8 Å². The molecule has 2 aliphatic carbocycles. The summed E-state index contributed by atoms with van der Waals surface area (Å²) in [5.74, 6) is 2.31. The minimum Gasteiger partial charge on any atom is -0.396 e. The minimum absolute atomic E-state index is 0.200. The molecule has 0 aliphatic heterocycles. The molecular weight excluding hydrogens is 224 g/mol. The van der Waals surface area contributed by atoms with Gasteiger partial charge in [0.2, 0.25) is 0 Å². The molecule has 2 rings (SSSR count). The molecule has 0 saturated heterocycles. The molecule has 0 heterocycles. The summed E-state index contributed by atoms with van der Waals surface area (Å²) < 4.78 is 0. The number of fused-ring (bicyclic) bond motifs is 1. The first-order chi connectivity index (χ1) is 8.33. The molecule has 2 aliphatic rings. The van der Waals surface area contributed by atoms with Crippen molar-refractivity contribution in [1.29, 1.82) is 0 Å². The molecule has 0 spiro atoms. The van der Waals surface area contributed by atoms with Gasteiger partial charge in [-0.1, -0.05) is 33.6 Å². The van der Waals surface area contributed by atoms with Crippen LogP contribution in [-0.4, -0.2) is 22.4 Å². The summed E-state index contributed by atoms with van der Waals surface area (Å²) in [4.78, 5) is 0. The highest BCUT2D eigenvalue weighted by molar-refractivity contribution is 5.06. The first kappa shape index (κ1) is 14.3. The van der Waals surface area contributed by atoms with Crippen molar-refractivity contribution in [1.82, 2.24) is 0 Å². The van der Waals surface area contributed by atoms with Crippen molar-refractivity contribution in [2.75, 3.05) is 6.61 Å². The van der Waals surface area contributed by atoms with E-state index in [9.17, 15) is 10.2 Å². The maximum absolute atomic E-state index is 10.8. The van der Waals surface area contributed by atoms with E-state index in [0.29, 0.717) is 11.8 Å². The predicted molar refractivity (Wildman–Crippen MR) is 74.2 cm³/mol. The Hall–Kier alpha value is -0.0800. The van der Waals surface area contributed by atoms with Crippen LogP contribution >= 0.6 is 0 Å². The van der Waals surface area contributed by atoms with Crippen molar-refractivity contribution in [2.24, 2.45) is 29.1 Å². The second-order valence-electron chi connectivity index (χ2n) is 7.50. The van der Waals surface area contributed by atoms with Gasteiger partial charge in [0.05, 0.1) is 5.60 Å². The molecule has 2 saturated carbocycles. The fourth-order valence-electron chi connectivity index (χ4n) is 5.82. The van der Waals surface area contributed by atoms with E-state index in [1.54, 1.807) is 0 Å². The van der Waals surface area contributed by atoms with Crippen LogP contribution in [0.5, 0.6) is 0 Å². The molecule has 18 heavy (non-hydrogen) atoms. The molecule has 0 aromatic rings. The lowest BCUT2D eigenvalue weighted by atomic mass is 9.46. The van der Waals surface area contributed by atoms with E-state index in [1.165, 1.54) is 19.3 Å². The Kier molecular flexibility index (Phi) is 3.81. The van der Waals surface area contributed by atoms with Gasteiger partial charge in [0, 0.05) is 6.61 Å². The smallest absolute Gasteiger partial charge is 0.0656 e. The second kappa shape index (κ2) is 4.79. The van der Waals surface area contributed by atoms with Crippen LogP contribution in [0.25, 0.3) is 0 Å². The Morgan fingerprint density at radius 1 is 1.17 bits per heavy atom. The van der Waals surface area contributed by atoms with Gasteiger partial charge < -0.3 is 10.2 Å². The lowest BCUT2D eigenvalue weighted by molar-refractivity contribution is -0.175. The number of aliphatic hydroxyl groups excluding tert-OH is 1. The Morgan fingerprint density at radius 2 is 1.83 bits per heavy atom. The largest absolute Gasteiger partial charge is 0.396 e. The summed E-state index contributed by atoms with van der Waals surface area (Å²) >= 11 is 0. The van der Waals surface area contributed by atoms with Crippen molar-refractivity contribution < 1.29 is 10.2 Å². The second-order valence-corrected chi connectivity index (χ2v) is 7.50. The molecule has 106 valence electrons. The Morgan fingerprint density at radius 3 is 2.44 bits per heavy atom. The normalized spacial score (nSPS) is 53.0. The van der Waals surface area contributed by atoms with Crippen molar-refractivity contribution in [3.8, 4) is 0 Å². The van der Waals surface area contributed by atoms with E-state index in [2.05, 4.69) is 20.8 Å². The average Bonchev–Trinajstić information content (AvgIpc) is 2.22. The Balaban J connectivity index is 2.36. The van der Waals surface area contributed by atoms with Crippen molar-refractivity contribution in [3.63, 3.8) is 0 Å². The summed E-state index contributed by atoms with van der Waals surface area (Å²) in [5.41, 5.74) is -0.397. The van der Waals surface area contributed by atoms with Gasteiger partial charge in [-0.05, 0) is 55.3 Å². The zero-order chi connectivity index (χ0) is 13.6. The molecule has 2 N–H and O–H groups in total. The SMILES string of the molecule is CC1CCCC2(C)C1C(C)CC(C)(O)C2CCO. The van der Waals surface area contributed by atoms with E-state index in [0.717, 1.165) is 18.8 Å². The molecular formula is C16H30O2. The molecule has 0 bridgehead atoms. The topological polar surface area (TPSA) is 40.5 Å². The van der Waals surface area contributed by atoms with E-state index < -0.39 is 5.60 Å². The Bertz CT molecular complexity index is 299. The summed E-state index contributed by atoms with van der Waals surface area (Å²) in [5, 5.41) is 20.2. The standard InChI is InChI=1S/C16H30O2/c1-11-6-5-8-15(3)13(7-9-17)16(4,18)10-12(2)14(11)15/h11-14,17-18H,5-10H2,1-4H3. The first-order valence-electron chi connectivity index (χ1n) is 7.66. The third-order valence-electron chi connectivity index (χ3n) is 6.06. The van der Waals surface area contributed by atoms with Crippen LogP contribution in [0.4, 0.5) is 0 Å². The number of hydrogen-bond acceptors (Lipinski definition) is 2. The van der Waals surface area contributed by atoms with Crippen LogP contribution in [0.3, 0.4) is 0 Å². The number of hydrogen-bond donors (Lipinski definition) is 2. The number of rotatable bonds is 2. The van der Waals surface area contributed by atoms with Crippen LogP contribution in [0, 0.1) is 29.1 Å². The van der Waals surface area contributed by atoms with Gasteiger partial charge in [0.1, 0.15) is 0 Å². The van der Waals surface area contributed by atoms with Gasteiger partial charge in [-0.2, -0.15) is 0 Å². The highest BCUT2D eigenvalue weighted by atomic mass is 16.3. The molecule has 2 heteroatoms. The number of aliphatic hydroxyl groups is 2. The maximum atomic E-state index is 10.8. The zero-order valence-electron chi connectivity index (χ0n) is 12.4. The molecule has 2 nitrogen and oxygen atoms in total. The molecule has 6 unspecified atom stereocenters. The summed E-state index contributed by atoms with van der Waals surface area (Å²) in [6, 6.07) is 0. The highest BCUT2D eigenvalue weighted by Gasteiger charge is 2.57. The summed E-state index contributed by atoms with van der Waals surface area (Å²) in [7, 11) is 0. The highest BCUT2D eigenvalue weighted by Crippen LogP contribution is 2.60. The van der Waals surface area contributed by atoms with Crippen molar-refractivity contribution >= 4 is 0 Å². The third kappa shape index (κ3) is 2.12. The lowest BCUT2D eigenvalue weighted by Gasteiger charge is -2.60. The third-order valence-corrected chi connectivity index (χ3v) is 6.06. The maximum Gasteiger partial charge on any atom is 0.0656 e. The van der Waals surface area contributed by atoms with Gasteiger partial charge in [0.15, 0.2) is 0 Å². The van der Waals surface area contributed by atoms with Crippen molar-refractivity contribution in [3.05, 3.63) is 0 Å². The summed E-state index contributed by atoms with van der Waals surface area (Å²) in [6.07, 6.45) is 5.46. The van der Waals surface area contributed by atoms with E-state index >= 15 is 0 Å². The van der Waals surface area contributed by atoms with E-state index in [-0.39, 0.29) is 17.9 Å². The van der Waals surface area contributed by atoms with Gasteiger partial charge in [-0.25, -0.2) is 0 Å². The van der Waals surface area contributed by atoms with Crippen LogP contribution in [0.2, 0.25) is 0 Å². The van der Waals surface area contributed by atoms with Crippen LogP contribution in [-0.2, 0) is 0 Å².